The first-order valence-electron chi connectivity index (χ1n) is 8.09. The molecular formula is C18H26N4OS. The van der Waals surface area contributed by atoms with Crippen molar-refractivity contribution in [1.29, 1.82) is 0 Å². The van der Waals surface area contributed by atoms with Gasteiger partial charge in [0.25, 0.3) is 0 Å². The number of carbonyl (C=O) groups is 1. The van der Waals surface area contributed by atoms with Gasteiger partial charge in [0.2, 0.25) is 5.91 Å². The third-order valence-corrected chi connectivity index (χ3v) is 4.63. The molecule has 24 heavy (non-hydrogen) atoms. The lowest BCUT2D eigenvalue weighted by Gasteiger charge is -2.32. The summed E-state index contributed by atoms with van der Waals surface area (Å²) in [6, 6.07) is 10.1. The molecule has 6 heteroatoms. The van der Waals surface area contributed by atoms with Gasteiger partial charge >= 0.3 is 0 Å². The molecule has 1 aromatic heterocycles. The molecule has 0 aliphatic rings. The molecule has 1 aromatic carbocycles. The molecule has 1 heterocycles. The molecule has 130 valence electrons. The lowest BCUT2D eigenvalue weighted by Crippen LogP contribution is -2.41. The summed E-state index contributed by atoms with van der Waals surface area (Å²) in [6.07, 6.45) is 1.65. The zero-order chi connectivity index (χ0) is 17.7. The van der Waals surface area contributed by atoms with E-state index >= 15 is 0 Å². The largest absolute Gasteiger partial charge is 0.337 e. The molecule has 2 rings (SSSR count). The van der Waals surface area contributed by atoms with Crippen LogP contribution in [0.15, 0.2) is 41.8 Å². The Bertz CT molecular complexity index is 663. The van der Waals surface area contributed by atoms with E-state index in [0.717, 1.165) is 10.7 Å². The average Bonchev–Trinajstić information content (AvgIpc) is 2.90. The maximum absolute atomic E-state index is 13.0. The Kier molecular flexibility index (Phi) is 6.04. The van der Waals surface area contributed by atoms with Crippen molar-refractivity contribution in [2.45, 2.75) is 44.6 Å². The molecule has 0 bridgehead atoms. The van der Waals surface area contributed by atoms with E-state index in [1.807, 2.05) is 41.6 Å². The second-order valence-corrected chi connectivity index (χ2v) is 8.53. The highest BCUT2D eigenvalue weighted by molar-refractivity contribution is 8.00. The van der Waals surface area contributed by atoms with Gasteiger partial charge < -0.3 is 9.47 Å². The van der Waals surface area contributed by atoms with Crippen LogP contribution in [0.25, 0.3) is 0 Å². The average molecular weight is 347 g/mol. The molecular weight excluding hydrogens is 320 g/mol. The number of hydrogen-bond acceptors (Lipinski definition) is 4. The smallest absolute Gasteiger partial charge is 0.236 e. The van der Waals surface area contributed by atoms with Gasteiger partial charge in [0.1, 0.15) is 6.33 Å². The molecule has 2 aromatic rings. The van der Waals surface area contributed by atoms with E-state index in [4.69, 9.17) is 0 Å². The summed E-state index contributed by atoms with van der Waals surface area (Å²) < 4.78 is 1.83. The molecule has 0 radical (unpaired) electrons. The van der Waals surface area contributed by atoms with E-state index in [2.05, 4.69) is 43.1 Å². The number of amides is 1. The first-order chi connectivity index (χ1) is 11.3. The number of nitrogens with zero attached hydrogens (tertiary/aromatic N) is 4. The summed E-state index contributed by atoms with van der Waals surface area (Å²) in [7, 11) is 1.89. The summed E-state index contributed by atoms with van der Waals surface area (Å²) >= 11 is 1.45. The fourth-order valence-electron chi connectivity index (χ4n) is 2.43. The summed E-state index contributed by atoms with van der Waals surface area (Å²) in [4.78, 5) is 15.0. The quantitative estimate of drug-likeness (QED) is 0.753. The Morgan fingerprint density at radius 3 is 2.50 bits per heavy atom. The number of aromatic nitrogens is 3. The van der Waals surface area contributed by atoms with Crippen LogP contribution < -0.4 is 0 Å². The van der Waals surface area contributed by atoms with Gasteiger partial charge in [-0.2, -0.15) is 0 Å². The maximum Gasteiger partial charge on any atom is 0.236 e. The fraction of sp³-hybridized carbons (Fsp3) is 0.500. The van der Waals surface area contributed by atoms with Gasteiger partial charge in [-0.3, -0.25) is 4.79 Å². The van der Waals surface area contributed by atoms with Crippen molar-refractivity contribution in [1.82, 2.24) is 19.7 Å². The SMILES string of the molecule is CC(Sc1nncn1C)C(=O)N(Cc1ccccc1)CC(C)(C)C. The highest BCUT2D eigenvalue weighted by Gasteiger charge is 2.26. The Morgan fingerprint density at radius 2 is 1.96 bits per heavy atom. The van der Waals surface area contributed by atoms with Crippen LogP contribution in [-0.4, -0.2) is 37.4 Å². The summed E-state index contributed by atoms with van der Waals surface area (Å²) in [6.45, 7) is 9.73. The molecule has 0 saturated heterocycles. The highest BCUT2D eigenvalue weighted by Crippen LogP contribution is 2.25. The molecule has 5 nitrogen and oxygen atoms in total. The Balaban J connectivity index is 2.12. The van der Waals surface area contributed by atoms with Gasteiger partial charge in [0.05, 0.1) is 5.25 Å². The third kappa shape index (κ3) is 5.37. The van der Waals surface area contributed by atoms with Gasteiger partial charge in [-0.05, 0) is 17.9 Å². The van der Waals surface area contributed by atoms with Gasteiger partial charge in [-0.15, -0.1) is 10.2 Å². The van der Waals surface area contributed by atoms with Crippen molar-refractivity contribution in [2.24, 2.45) is 12.5 Å². The van der Waals surface area contributed by atoms with E-state index in [-0.39, 0.29) is 16.6 Å². The zero-order valence-electron chi connectivity index (χ0n) is 15.1. The highest BCUT2D eigenvalue weighted by atomic mass is 32.2. The minimum Gasteiger partial charge on any atom is -0.337 e. The van der Waals surface area contributed by atoms with Crippen molar-refractivity contribution >= 4 is 17.7 Å². The molecule has 1 unspecified atom stereocenters. The second-order valence-electron chi connectivity index (χ2n) is 7.23. The van der Waals surface area contributed by atoms with E-state index in [1.54, 1.807) is 6.33 Å². The second kappa shape index (κ2) is 7.83. The van der Waals surface area contributed by atoms with E-state index in [0.29, 0.717) is 13.1 Å². The Morgan fingerprint density at radius 1 is 1.29 bits per heavy atom. The Hall–Kier alpha value is -1.82. The van der Waals surface area contributed by atoms with E-state index < -0.39 is 0 Å². The van der Waals surface area contributed by atoms with Gasteiger partial charge in [-0.25, -0.2) is 0 Å². The third-order valence-electron chi connectivity index (χ3n) is 3.49. The van der Waals surface area contributed by atoms with Crippen LogP contribution in [0, 0.1) is 5.41 Å². The van der Waals surface area contributed by atoms with E-state index in [9.17, 15) is 4.79 Å². The van der Waals surface area contributed by atoms with Gasteiger partial charge in [0.15, 0.2) is 5.16 Å². The molecule has 0 fully saturated rings. The van der Waals surface area contributed by atoms with Crippen molar-refractivity contribution in [3.8, 4) is 0 Å². The predicted octanol–water partition coefficient (Wildman–Crippen LogP) is 3.37. The zero-order valence-corrected chi connectivity index (χ0v) is 15.9. The minimum atomic E-state index is -0.209. The number of rotatable bonds is 6. The molecule has 1 atom stereocenters. The maximum atomic E-state index is 13.0. The number of thioether (sulfide) groups is 1. The van der Waals surface area contributed by atoms with Crippen molar-refractivity contribution in [2.75, 3.05) is 6.54 Å². The normalized spacial score (nSPS) is 12.9. The first-order valence-corrected chi connectivity index (χ1v) is 8.97. The minimum absolute atomic E-state index is 0.0413. The van der Waals surface area contributed by atoms with E-state index in [1.165, 1.54) is 11.8 Å². The molecule has 0 spiro atoms. The molecule has 1 amide bonds. The summed E-state index contributed by atoms with van der Waals surface area (Å²) in [5, 5.41) is 8.48. The van der Waals surface area contributed by atoms with Crippen molar-refractivity contribution in [3.63, 3.8) is 0 Å². The number of hydrogen-bond donors (Lipinski definition) is 0. The van der Waals surface area contributed by atoms with Crippen LogP contribution in [0.4, 0.5) is 0 Å². The van der Waals surface area contributed by atoms with Crippen LogP contribution in [0.2, 0.25) is 0 Å². The van der Waals surface area contributed by atoms with Gasteiger partial charge in [-0.1, -0.05) is 62.9 Å². The summed E-state index contributed by atoms with van der Waals surface area (Å²) in [5.41, 5.74) is 1.19. The number of carbonyl (C=O) groups excluding carboxylic acids is 1. The van der Waals surface area contributed by atoms with Crippen molar-refractivity contribution in [3.05, 3.63) is 42.2 Å². The van der Waals surface area contributed by atoms with Crippen LogP contribution in [0.5, 0.6) is 0 Å². The molecule has 0 aliphatic carbocycles. The molecule has 0 saturated carbocycles. The monoisotopic (exact) mass is 346 g/mol. The fourth-order valence-corrected chi connectivity index (χ4v) is 3.31. The van der Waals surface area contributed by atoms with Crippen LogP contribution >= 0.6 is 11.8 Å². The van der Waals surface area contributed by atoms with Crippen LogP contribution in [-0.2, 0) is 18.4 Å². The van der Waals surface area contributed by atoms with Crippen molar-refractivity contribution < 1.29 is 4.79 Å². The number of benzene rings is 1. The summed E-state index contributed by atoms with van der Waals surface area (Å²) in [5.74, 6) is 0.127. The first kappa shape index (κ1) is 18.5. The lowest BCUT2D eigenvalue weighted by molar-refractivity contribution is -0.132. The predicted molar refractivity (Wildman–Crippen MR) is 97.6 cm³/mol. The standard InChI is InChI=1S/C18H26N4OS/c1-14(24-17-20-19-13-21(17)5)16(23)22(12-18(2,3)4)11-15-9-7-6-8-10-15/h6-10,13-14H,11-12H2,1-5H3. The lowest BCUT2D eigenvalue weighted by atomic mass is 9.95. The molecule has 0 N–H and O–H groups in total. The topological polar surface area (TPSA) is 51.0 Å². The van der Waals surface area contributed by atoms with Crippen LogP contribution in [0.3, 0.4) is 0 Å². The van der Waals surface area contributed by atoms with Crippen LogP contribution in [0.1, 0.15) is 33.3 Å². The van der Waals surface area contributed by atoms with Gasteiger partial charge in [0, 0.05) is 20.1 Å². The Labute approximate surface area is 148 Å². The number of aryl methyl sites for hydroxylation is 1. The molecule has 0 aliphatic heterocycles.